The first-order valence-electron chi connectivity index (χ1n) is 7.50. The van der Waals surface area contributed by atoms with E-state index in [0.717, 1.165) is 31.6 Å². The number of ether oxygens (including phenoxy) is 1. The summed E-state index contributed by atoms with van der Waals surface area (Å²) in [6, 6.07) is 8.67. The van der Waals surface area contributed by atoms with Gasteiger partial charge in [0.25, 0.3) is 0 Å². The van der Waals surface area contributed by atoms with Crippen molar-refractivity contribution in [2.24, 2.45) is 5.41 Å². The molecule has 0 spiro atoms. The minimum Gasteiger partial charge on any atom is -0.494 e. The van der Waals surface area contributed by atoms with Crippen LogP contribution in [-0.4, -0.2) is 6.61 Å². The van der Waals surface area contributed by atoms with Crippen LogP contribution in [0.5, 0.6) is 5.75 Å². The molecule has 0 aliphatic carbocycles. The Morgan fingerprint density at radius 1 is 1.25 bits per heavy atom. The molecule has 0 saturated heterocycles. The van der Waals surface area contributed by atoms with Gasteiger partial charge in [0.15, 0.2) is 0 Å². The third kappa shape index (κ3) is 5.25. The summed E-state index contributed by atoms with van der Waals surface area (Å²) in [7, 11) is 0. The number of benzene rings is 1. The first-order valence-corrected chi connectivity index (χ1v) is 7.50. The maximum absolute atomic E-state index is 8.95. The molecule has 0 aliphatic heterocycles. The SMILES string of the molecule is Cc1cc(OCCCCC(C)(C)C#N)ccc1C(C)C. The van der Waals surface area contributed by atoms with Gasteiger partial charge in [0, 0.05) is 0 Å². The lowest BCUT2D eigenvalue weighted by Crippen LogP contribution is -2.08. The average Bonchev–Trinajstić information content (AvgIpc) is 2.38. The first-order chi connectivity index (χ1) is 9.35. The van der Waals surface area contributed by atoms with Crippen LogP contribution in [0.1, 0.15) is 64.0 Å². The maximum atomic E-state index is 8.95. The molecule has 1 aromatic carbocycles. The Bertz CT molecular complexity index is 469. The quantitative estimate of drug-likeness (QED) is 0.638. The van der Waals surface area contributed by atoms with E-state index < -0.39 is 0 Å². The smallest absolute Gasteiger partial charge is 0.119 e. The van der Waals surface area contributed by atoms with E-state index in [2.05, 4.69) is 45.0 Å². The van der Waals surface area contributed by atoms with Gasteiger partial charge in [-0.15, -0.1) is 0 Å². The summed E-state index contributed by atoms with van der Waals surface area (Å²) in [5.41, 5.74) is 2.46. The molecule has 0 atom stereocenters. The fourth-order valence-corrected chi connectivity index (χ4v) is 2.30. The molecule has 0 fully saturated rings. The summed E-state index contributed by atoms with van der Waals surface area (Å²) in [6.07, 6.45) is 2.96. The topological polar surface area (TPSA) is 33.0 Å². The van der Waals surface area contributed by atoms with Crippen molar-refractivity contribution in [3.05, 3.63) is 29.3 Å². The Kier molecular flexibility index (Phi) is 6.07. The number of hydrogen-bond acceptors (Lipinski definition) is 2. The molecule has 0 radical (unpaired) electrons. The van der Waals surface area contributed by atoms with Crippen molar-refractivity contribution in [3.8, 4) is 11.8 Å². The van der Waals surface area contributed by atoms with Crippen LogP contribution in [0.4, 0.5) is 0 Å². The zero-order valence-electron chi connectivity index (χ0n) is 13.5. The molecule has 0 bridgehead atoms. The number of nitrogens with zero attached hydrogens (tertiary/aromatic N) is 1. The van der Waals surface area contributed by atoms with Gasteiger partial charge in [-0.25, -0.2) is 0 Å². The van der Waals surface area contributed by atoms with Crippen molar-refractivity contribution in [3.63, 3.8) is 0 Å². The Morgan fingerprint density at radius 3 is 2.50 bits per heavy atom. The molecule has 0 aromatic heterocycles. The molecule has 110 valence electrons. The lowest BCUT2D eigenvalue weighted by atomic mass is 9.89. The van der Waals surface area contributed by atoms with E-state index in [1.54, 1.807) is 0 Å². The molecule has 0 unspecified atom stereocenters. The van der Waals surface area contributed by atoms with Crippen molar-refractivity contribution >= 4 is 0 Å². The van der Waals surface area contributed by atoms with Gasteiger partial charge in [-0.2, -0.15) is 5.26 Å². The summed E-state index contributed by atoms with van der Waals surface area (Å²) in [5.74, 6) is 1.50. The fraction of sp³-hybridized carbons (Fsp3) is 0.611. The molecule has 0 N–H and O–H groups in total. The Labute approximate surface area is 123 Å². The summed E-state index contributed by atoms with van der Waals surface area (Å²) in [6.45, 7) is 11.3. The maximum Gasteiger partial charge on any atom is 0.119 e. The third-order valence-corrected chi connectivity index (χ3v) is 3.63. The lowest BCUT2D eigenvalue weighted by Gasteiger charge is -2.15. The van der Waals surface area contributed by atoms with Gasteiger partial charge < -0.3 is 4.74 Å². The van der Waals surface area contributed by atoms with E-state index in [0.29, 0.717) is 5.92 Å². The molecule has 2 nitrogen and oxygen atoms in total. The molecular weight excluding hydrogens is 246 g/mol. The van der Waals surface area contributed by atoms with Crippen LogP contribution >= 0.6 is 0 Å². The minimum absolute atomic E-state index is 0.213. The molecule has 0 saturated carbocycles. The van der Waals surface area contributed by atoms with Gasteiger partial charge >= 0.3 is 0 Å². The highest BCUT2D eigenvalue weighted by atomic mass is 16.5. The second-order valence-electron chi connectivity index (χ2n) is 6.47. The zero-order valence-corrected chi connectivity index (χ0v) is 13.5. The number of hydrogen-bond donors (Lipinski definition) is 0. The number of rotatable bonds is 7. The zero-order chi connectivity index (χ0) is 15.2. The Morgan fingerprint density at radius 2 is 1.95 bits per heavy atom. The average molecular weight is 273 g/mol. The van der Waals surface area contributed by atoms with Gasteiger partial charge in [-0.3, -0.25) is 0 Å². The van der Waals surface area contributed by atoms with Crippen LogP contribution in [0, 0.1) is 23.7 Å². The second kappa shape index (κ2) is 7.33. The number of unbranched alkanes of at least 4 members (excludes halogenated alkanes) is 1. The number of aryl methyl sites for hydroxylation is 1. The molecule has 1 aromatic rings. The molecule has 1 rings (SSSR count). The van der Waals surface area contributed by atoms with E-state index in [1.165, 1.54) is 11.1 Å². The van der Waals surface area contributed by atoms with Gasteiger partial charge in [-0.05, 0) is 69.2 Å². The van der Waals surface area contributed by atoms with Gasteiger partial charge in [-0.1, -0.05) is 19.9 Å². The van der Waals surface area contributed by atoms with Crippen LogP contribution in [0.2, 0.25) is 0 Å². The molecular formula is C18H27NO. The molecule has 0 aliphatic rings. The van der Waals surface area contributed by atoms with Crippen LogP contribution in [0.15, 0.2) is 18.2 Å². The highest BCUT2D eigenvalue weighted by Crippen LogP contribution is 2.24. The van der Waals surface area contributed by atoms with E-state index >= 15 is 0 Å². The summed E-state index contributed by atoms with van der Waals surface area (Å²) < 4.78 is 5.79. The summed E-state index contributed by atoms with van der Waals surface area (Å²) in [4.78, 5) is 0. The Balaban J connectivity index is 2.37. The van der Waals surface area contributed by atoms with Crippen LogP contribution in [0.3, 0.4) is 0 Å². The fourth-order valence-electron chi connectivity index (χ4n) is 2.30. The van der Waals surface area contributed by atoms with Gasteiger partial charge in [0.05, 0.1) is 18.1 Å². The normalized spacial score (nSPS) is 11.4. The van der Waals surface area contributed by atoms with E-state index in [1.807, 2.05) is 13.8 Å². The molecule has 20 heavy (non-hydrogen) atoms. The standard InChI is InChI=1S/C18H27NO/c1-14(2)17-9-8-16(12-15(17)3)20-11-7-6-10-18(4,5)13-19/h8-9,12,14H,6-7,10-11H2,1-5H3. The van der Waals surface area contributed by atoms with Crippen molar-refractivity contribution in [1.29, 1.82) is 5.26 Å². The number of nitriles is 1. The summed E-state index contributed by atoms with van der Waals surface area (Å²) >= 11 is 0. The highest BCUT2D eigenvalue weighted by molar-refractivity contribution is 5.36. The summed E-state index contributed by atoms with van der Waals surface area (Å²) in [5, 5.41) is 8.95. The van der Waals surface area contributed by atoms with E-state index in [4.69, 9.17) is 10.00 Å². The highest BCUT2D eigenvalue weighted by Gasteiger charge is 2.15. The van der Waals surface area contributed by atoms with Crippen molar-refractivity contribution in [2.75, 3.05) is 6.61 Å². The van der Waals surface area contributed by atoms with E-state index in [-0.39, 0.29) is 5.41 Å². The minimum atomic E-state index is -0.213. The van der Waals surface area contributed by atoms with Gasteiger partial charge in [0.1, 0.15) is 5.75 Å². The van der Waals surface area contributed by atoms with Crippen LogP contribution < -0.4 is 4.74 Å². The largest absolute Gasteiger partial charge is 0.494 e. The van der Waals surface area contributed by atoms with Crippen LogP contribution in [0.25, 0.3) is 0 Å². The third-order valence-electron chi connectivity index (χ3n) is 3.63. The molecule has 0 amide bonds. The van der Waals surface area contributed by atoms with Crippen molar-refractivity contribution in [1.82, 2.24) is 0 Å². The monoisotopic (exact) mass is 273 g/mol. The van der Waals surface area contributed by atoms with Crippen molar-refractivity contribution < 1.29 is 4.74 Å². The lowest BCUT2D eigenvalue weighted by molar-refractivity contribution is 0.294. The van der Waals surface area contributed by atoms with Crippen molar-refractivity contribution in [2.45, 2.75) is 59.8 Å². The second-order valence-corrected chi connectivity index (χ2v) is 6.47. The Hall–Kier alpha value is -1.49. The van der Waals surface area contributed by atoms with Gasteiger partial charge in [0.2, 0.25) is 0 Å². The molecule has 2 heteroatoms. The predicted octanol–water partition coefficient (Wildman–Crippen LogP) is 5.22. The molecule has 0 heterocycles. The first kappa shape index (κ1) is 16.6. The van der Waals surface area contributed by atoms with Crippen LogP contribution in [-0.2, 0) is 0 Å². The predicted molar refractivity (Wildman–Crippen MR) is 84.0 cm³/mol. The van der Waals surface area contributed by atoms with E-state index in [9.17, 15) is 0 Å².